The van der Waals surface area contributed by atoms with Gasteiger partial charge in [0.2, 0.25) is 8.83 Å². The molecule has 0 heterocycles. The molecule has 0 aliphatic heterocycles. The van der Waals surface area contributed by atoms with E-state index in [2.05, 4.69) is 65.6 Å². The molecule has 3 aromatic carbocycles. The topological polar surface area (TPSA) is 3.24 Å². The van der Waals surface area contributed by atoms with E-state index in [4.69, 9.17) is 33.2 Å². The molecule has 0 unspecified atom stereocenters. The number of rotatable bonds is 5. The van der Waals surface area contributed by atoms with Gasteiger partial charge in [-0.15, -0.1) is 22.2 Å². The maximum atomic E-state index is 6.10. The quantitative estimate of drug-likeness (QED) is 0.439. The minimum atomic E-state index is -1.83. The summed E-state index contributed by atoms with van der Waals surface area (Å²) in [6, 6.07) is 25.2. The van der Waals surface area contributed by atoms with Gasteiger partial charge in [0, 0.05) is 27.3 Å². The second kappa shape index (κ2) is 8.58. The molecule has 0 aliphatic rings. The van der Waals surface area contributed by atoms with Crippen LogP contribution in [0.5, 0.6) is 0 Å². The third kappa shape index (κ3) is 4.58. The van der Waals surface area contributed by atoms with Crippen molar-refractivity contribution in [3.63, 3.8) is 0 Å². The number of anilines is 3. The Hall–Kier alpha value is -1.02. The van der Waals surface area contributed by atoms with Gasteiger partial charge >= 0.3 is 0 Å². The second-order valence-corrected chi connectivity index (χ2v) is 12.7. The normalized spacial score (nSPS) is 11.0. The Morgan fingerprint density at radius 3 is 1.60 bits per heavy atom. The van der Waals surface area contributed by atoms with Crippen molar-refractivity contribution < 1.29 is 0 Å². The fraction of sp³-hybridized carbons (Fsp3) is 0. The molecule has 0 amide bonds. The molecule has 126 valence electrons. The van der Waals surface area contributed by atoms with Gasteiger partial charge in [-0.05, 0) is 46.8 Å². The monoisotopic (exact) mass is 435 g/mol. The molecule has 2 radical (unpaired) electrons. The van der Waals surface area contributed by atoms with Gasteiger partial charge in [0.15, 0.2) is 0 Å². The first-order valence-corrected chi connectivity index (χ1v) is 14.9. The molecule has 0 atom stereocenters. The molecule has 3 rings (SSSR count). The van der Waals surface area contributed by atoms with E-state index < -0.39 is 7.42 Å². The molecule has 0 aliphatic carbocycles. The summed E-state index contributed by atoms with van der Waals surface area (Å²) in [6.07, 6.45) is 0. The average Bonchev–Trinajstić information content (AvgIpc) is 2.64. The summed E-state index contributed by atoms with van der Waals surface area (Å²) in [7, 11) is -0.503. The summed E-state index contributed by atoms with van der Waals surface area (Å²) < 4.78 is 0. The van der Waals surface area contributed by atoms with Crippen LogP contribution in [0.1, 0.15) is 0 Å². The molecule has 0 fully saturated rings. The third-order valence-corrected chi connectivity index (χ3v) is 8.20. The zero-order valence-electron chi connectivity index (χ0n) is 13.6. The number of hydrogen-bond donors (Lipinski definition) is 0. The first-order valence-electron chi connectivity index (χ1n) is 7.80. The molecular formula is C18H16Cl3NSi3. The lowest BCUT2D eigenvalue weighted by molar-refractivity contribution is 1.29. The second-order valence-electron chi connectivity index (χ2n) is 5.70. The first kappa shape index (κ1) is 18.8. The van der Waals surface area contributed by atoms with Crippen LogP contribution in [0.2, 0.25) is 0 Å². The average molecular weight is 437 g/mol. The van der Waals surface area contributed by atoms with E-state index in [1.54, 1.807) is 0 Å². The molecule has 3 aromatic rings. The third-order valence-electron chi connectivity index (χ3n) is 3.93. The zero-order valence-corrected chi connectivity index (χ0v) is 20.0. The van der Waals surface area contributed by atoms with E-state index in [1.165, 1.54) is 5.19 Å². The summed E-state index contributed by atoms with van der Waals surface area (Å²) in [5.41, 5.74) is 3.30. The summed E-state index contributed by atoms with van der Waals surface area (Å²) in [5.74, 6) is 0. The van der Waals surface area contributed by atoms with E-state index in [9.17, 15) is 0 Å². The molecule has 0 N–H and O–H groups in total. The fourth-order valence-corrected chi connectivity index (χ4v) is 4.94. The highest BCUT2D eigenvalue weighted by Crippen LogP contribution is 2.33. The Balaban J connectivity index is 2.05. The van der Waals surface area contributed by atoms with Gasteiger partial charge < -0.3 is 4.90 Å². The molecule has 0 spiro atoms. The molecule has 0 bridgehead atoms. The SMILES string of the molecule is [SiH3]c1ccc(N(c2ccc([Si]Cl)cc2)c2ccc([SiH](Cl)Cl)cc2)cc1. The van der Waals surface area contributed by atoms with Crippen molar-refractivity contribution in [1.29, 1.82) is 0 Å². The smallest absolute Gasteiger partial charge is 0.266 e. The van der Waals surface area contributed by atoms with Crippen molar-refractivity contribution in [1.82, 2.24) is 0 Å². The fourth-order valence-electron chi connectivity index (χ4n) is 2.58. The Morgan fingerprint density at radius 2 is 1.16 bits per heavy atom. The Kier molecular flexibility index (Phi) is 6.44. The van der Waals surface area contributed by atoms with Crippen molar-refractivity contribution in [3.05, 3.63) is 72.8 Å². The molecule has 7 heteroatoms. The molecule has 0 aromatic heterocycles. The first-order chi connectivity index (χ1) is 12.1. The predicted molar refractivity (Wildman–Crippen MR) is 120 cm³/mol. The van der Waals surface area contributed by atoms with Gasteiger partial charge in [0.25, 0.3) is 7.42 Å². The van der Waals surface area contributed by atoms with Gasteiger partial charge in [0.05, 0.1) is 0 Å². The summed E-state index contributed by atoms with van der Waals surface area (Å²) in [5, 5.41) is 3.53. The molecular weight excluding hydrogens is 421 g/mol. The summed E-state index contributed by atoms with van der Waals surface area (Å²) >= 11 is 18.2. The predicted octanol–water partition coefficient (Wildman–Crippen LogP) is 2.54. The molecule has 1 nitrogen and oxygen atoms in total. The van der Waals surface area contributed by atoms with Crippen LogP contribution in [-0.4, -0.2) is 26.5 Å². The number of benzene rings is 3. The van der Waals surface area contributed by atoms with Crippen LogP contribution in [0.15, 0.2) is 72.8 Å². The minimum Gasteiger partial charge on any atom is -0.311 e. The maximum Gasteiger partial charge on any atom is 0.266 e. The van der Waals surface area contributed by atoms with Crippen molar-refractivity contribution in [3.8, 4) is 0 Å². The van der Waals surface area contributed by atoms with E-state index in [0.717, 1.165) is 37.7 Å². The standard InChI is InChI=1S/C18H16Cl3NSi3/c19-24-17-9-3-14(4-10-17)22(13-1-7-16(23)8-2-13)15-5-11-18(12-6-15)25(20)21/h1-12,25H,23H3. The van der Waals surface area contributed by atoms with Crippen molar-refractivity contribution in [2.45, 2.75) is 0 Å². The van der Waals surface area contributed by atoms with Gasteiger partial charge in [0.1, 0.15) is 0 Å². The van der Waals surface area contributed by atoms with Crippen LogP contribution >= 0.6 is 33.2 Å². The summed E-state index contributed by atoms with van der Waals surface area (Å²) in [4.78, 5) is 2.23. The van der Waals surface area contributed by atoms with Crippen LogP contribution in [0.3, 0.4) is 0 Å². The zero-order chi connectivity index (χ0) is 17.8. The minimum absolute atomic E-state index is 0.280. The van der Waals surface area contributed by atoms with Crippen LogP contribution in [-0.2, 0) is 0 Å². The number of hydrogen-bond acceptors (Lipinski definition) is 1. The van der Waals surface area contributed by atoms with Crippen molar-refractivity contribution in [2.24, 2.45) is 0 Å². The van der Waals surface area contributed by atoms with Gasteiger partial charge in [-0.3, -0.25) is 0 Å². The van der Waals surface area contributed by atoms with Gasteiger partial charge in [-0.2, -0.15) is 11.1 Å². The van der Waals surface area contributed by atoms with E-state index in [1.807, 2.05) is 12.1 Å². The number of nitrogens with zero attached hydrogens (tertiary/aromatic N) is 1. The Morgan fingerprint density at radius 1 is 0.720 bits per heavy atom. The Labute approximate surface area is 169 Å². The molecule has 0 saturated carbocycles. The molecule has 25 heavy (non-hydrogen) atoms. The summed E-state index contributed by atoms with van der Waals surface area (Å²) in [6.45, 7) is 0. The largest absolute Gasteiger partial charge is 0.311 e. The highest BCUT2D eigenvalue weighted by molar-refractivity contribution is 7.39. The van der Waals surface area contributed by atoms with Gasteiger partial charge in [-0.25, -0.2) is 0 Å². The highest BCUT2D eigenvalue weighted by Gasteiger charge is 2.13. The van der Waals surface area contributed by atoms with Crippen LogP contribution in [0.25, 0.3) is 0 Å². The number of halogens is 3. The van der Waals surface area contributed by atoms with Gasteiger partial charge in [-0.1, -0.05) is 41.6 Å². The highest BCUT2D eigenvalue weighted by atomic mass is 35.7. The lowest BCUT2D eigenvalue weighted by Gasteiger charge is -2.26. The lowest BCUT2D eigenvalue weighted by Crippen LogP contribution is -2.19. The lowest BCUT2D eigenvalue weighted by atomic mass is 10.2. The van der Waals surface area contributed by atoms with E-state index >= 15 is 0 Å². The molecule has 0 saturated heterocycles. The van der Waals surface area contributed by atoms with Crippen LogP contribution in [0, 0.1) is 0 Å². The van der Waals surface area contributed by atoms with Crippen LogP contribution < -0.4 is 20.5 Å². The maximum absolute atomic E-state index is 6.10. The Bertz CT molecular complexity index is 822. The van der Waals surface area contributed by atoms with E-state index in [0.29, 0.717) is 0 Å². The van der Waals surface area contributed by atoms with Crippen molar-refractivity contribution in [2.75, 3.05) is 4.90 Å². The van der Waals surface area contributed by atoms with Crippen molar-refractivity contribution >= 4 is 92.3 Å². The van der Waals surface area contributed by atoms with Crippen LogP contribution in [0.4, 0.5) is 17.1 Å². The van der Waals surface area contributed by atoms with E-state index in [-0.39, 0.29) is 8.83 Å².